The van der Waals surface area contributed by atoms with Crippen molar-refractivity contribution in [3.8, 4) is 28.7 Å². The second-order valence-electron chi connectivity index (χ2n) is 6.10. The Hall–Kier alpha value is -3.83. The molecule has 0 aliphatic carbocycles. The molecule has 0 unspecified atom stereocenters. The first-order chi connectivity index (χ1) is 14.7. The fourth-order valence-corrected chi connectivity index (χ4v) is 2.59. The highest BCUT2D eigenvalue weighted by Crippen LogP contribution is 2.27. The topological polar surface area (TPSA) is 108 Å². The number of alkyl halides is 3. The molecule has 0 saturated heterocycles. The van der Waals surface area contributed by atoms with E-state index in [1.807, 2.05) is 0 Å². The van der Waals surface area contributed by atoms with Crippen molar-refractivity contribution in [2.24, 2.45) is 0 Å². The molecule has 2 aromatic heterocycles. The number of nitrogens with one attached hydrogen (secondary N) is 1. The largest absolute Gasteiger partial charge is 0.573 e. The Bertz CT molecular complexity index is 1040. The van der Waals surface area contributed by atoms with E-state index in [1.165, 1.54) is 16.7 Å². The quantitative estimate of drug-likeness (QED) is 0.539. The number of nitrogens with zero attached hydrogens (tertiary/aromatic N) is 3. The third-order valence-corrected chi connectivity index (χ3v) is 3.87. The summed E-state index contributed by atoms with van der Waals surface area (Å²) >= 11 is 0. The SMILES string of the molecule is CCOC(=O)CNC(=O)Cn1cccc1-c1nc(-c2ccc(OC(F)(F)F)cc2)no1. The van der Waals surface area contributed by atoms with Crippen LogP contribution in [0.4, 0.5) is 13.2 Å². The summed E-state index contributed by atoms with van der Waals surface area (Å²) in [5, 5.41) is 6.27. The van der Waals surface area contributed by atoms with Gasteiger partial charge in [0.15, 0.2) is 0 Å². The molecule has 0 saturated carbocycles. The van der Waals surface area contributed by atoms with Gasteiger partial charge in [0.1, 0.15) is 24.5 Å². The molecule has 1 aromatic carbocycles. The lowest BCUT2D eigenvalue weighted by molar-refractivity contribution is -0.274. The van der Waals surface area contributed by atoms with Crippen LogP contribution in [0.15, 0.2) is 47.1 Å². The van der Waals surface area contributed by atoms with Crippen LogP contribution in [0.1, 0.15) is 6.92 Å². The van der Waals surface area contributed by atoms with Gasteiger partial charge in [-0.15, -0.1) is 13.2 Å². The highest BCUT2D eigenvalue weighted by Gasteiger charge is 2.31. The minimum absolute atomic E-state index is 0.105. The van der Waals surface area contributed by atoms with Crippen molar-refractivity contribution in [1.82, 2.24) is 20.0 Å². The van der Waals surface area contributed by atoms with Gasteiger partial charge in [0.05, 0.1) is 6.61 Å². The summed E-state index contributed by atoms with van der Waals surface area (Å²) in [6.07, 6.45) is -3.17. The van der Waals surface area contributed by atoms with Crippen LogP contribution in [0.3, 0.4) is 0 Å². The number of aromatic nitrogens is 3. The molecular formula is C19H17F3N4O5. The number of benzene rings is 1. The monoisotopic (exact) mass is 438 g/mol. The van der Waals surface area contributed by atoms with Gasteiger partial charge in [-0.2, -0.15) is 4.98 Å². The zero-order chi connectivity index (χ0) is 22.4. The molecule has 1 N–H and O–H groups in total. The summed E-state index contributed by atoms with van der Waals surface area (Å²) in [5.74, 6) is -1.09. The van der Waals surface area contributed by atoms with Gasteiger partial charge in [-0.1, -0.05) is 5.16 Å². The highest BCUT2D eigenvalue weighted by molar-refractivity contribution is 5.82. The Morgan fingerprint density at radius 3 is 2.61 bits per heavy atom. The minimum atomic E-state index is -4.78. The van der Waals surface area contributed by atoms with Crippen LogP contribution in [0, 0.1) is 0 Å². The fourth-order valence-electron chi connectivity index (χ4n) is 2.59. The summed E-state index contributed by atoms with van der Waals surface area (Å²) in [4.78, 5) is 27.6. The number of hydrogen-bond acceptors (Lipinski definition) is 7. The van der Waals surface area contributed by atoms with Crippen LogP contribution < -0.4 is 10.1 Å². The standard InChI is InChI=1S/C19H17F3N4O5/c1-2-29-16(28)10-23-15(27)11-26-9-3-4-14(26)18-24-17(25-31-18)12-5-7-13(8-6-12)30-19(20,21)22/h3-9H,2,10-11H2,1H3,(H,23,27). The zero-order valence-electron chi connectivity index (χ0n) is 16.2. The number of rotatable bonds is 8. The second kappa shape index (κ2) is 9.32. The van der Waals surface area contributed by atoms with Crippen LogP contribution in [0.5, 0.6) is 5.75 Å². The first-order valence-corrected chi connectivity index (χ1v) is 9.03. The Morgan fingerprint density at radius 2 is 1.94 bits per heavy atom. The lowest BCUT2D eigenvalue weighted by atomic mass is 10.2. The minimum Gasteiger partial charge on any atom is -0.465 e. The molecule has 164 valence electrons. The van der Waals surface area contributed by atoms with Crippen LogP contribution >= 0.6 is 0 Å². The summed E-state index contributed by atoms with van der Waals surface area (Å²) < 4.78 is 52.1. The Kier molecular flexibility index (Phi) is 6.58. The van der Waals surface area contributed by atoms with E-state index in [0.29, 0.717) is 11.3 Å². The van der Waals surface area contributed by atoms with Gasteiger partial charge in [-0.25, -0.2) is 0 Å². The smallest absolute Gasteiger partial charge is 0.465 e. The van der Waals surface area contributed by atoms with Gasteiger partial charge in [0.2, 0.25) is 11.7 Å². The van der Waals surface area contributed by atoms with E-state index >= 15 is 0 Å². The van der Waals surface area contributed by atoms with E-state index in [4.69, 9.17) is 9.26 Å². The first-order valence-electron chi connectivity index (χ1n) is 9.03. The van der Waals surface area contributed by atoms with E-state index in [-0.39, 0.29) is 37.2 Å². The van der Waals surface area contributed by atoms with Crippen molar-refractivity contribution in [2.75, 3.05) is 13.2 Å². The van der Waals surface area contributed by atoms with Gasteiger partial charge < -0.3 is 23.9 Å². The van der Waals surface area contributed by atoms with Gasteiger partial charge in [0.25, 0.3) is 5.89 Å². The summed E-state index contributed by atoms with van der Waals surface area (Å²) in [7, 11) is 0. The van der Waals surface area contributed by atoms with E-state index in [0.717, 1.165) is 12.1 Å². The number of amides is 1. The average molecular weight is 438 g/mol. The van der Waals surface area contributed by atoms with Gasteiger partial charge in [0, 0.05) is 11.8 Å². The number of ether oxygens (including phenoxy) is 2. The second-order valence-corrected chi connectivity index (χ2v) is 6.10. The van der Waals surface area contributed by atoms with E-state index in [1.54, 1.807) is 25.3 Å². The lowest BCUT2D eigenvalue weighted by Crippen LogP contribution is -2.33. The molecular weight excluding hydrogens is 421 g/mol. The predicted octanol–water partition coefficient (Wildman–Crippen LogP) is 2.78. The average Bonchev–Trinajstić information content (AvgIpc) is 3.35. The van der Waals surface area contributed by atoms with Gasteiger partial charge in [-0.05, 0) is 43.3 Å². The number of carbonyl (C=O) groups is 2. The third-order valence-electron chi connectivity index (χ3n) is 3.87. The molecule has 0 aliphatic rings. The summed E-state index contributed by atoms with van der Waals surface area (Å²) in [5.41, 5.74) is 0.858. The molecule has 3 rings (SSSR count). The van der Waals surface area contributed by atoms with Gasteiger partial charge >= 0.3 is 12.3 Å². The van der Waals surface area contributed by atoms with Crippen LogP contribution in [0.25, 0.3) is 23.0 Å². The maximum absolute atomic E-state index is 12.3. The normalized spacial score (nSPS) is 11.2. The third kappa shape index (κ3) is 6.07. The van der Waals surface area contributed by atoms with Crippen molar-refractivity contribution in [3.63, 3.8) is 0 Å². The molecule has 0 fully saturated rings. The first kappa shape index (κ1) is 21.9. The van der Waals surface area contributed by atoms with Crippen molar-refractivity contribution >= 4 is 11.9 Å². The van der Waals surface area contributed by atoms with E-state index < -0.39 is 18.2 Å². The molecule has 9 nitrogen and oxygen atoms in total. The number of carbonyl (C=O) groups excluding carboxylic acids is 2. The molecule has 3 aromatic rings. The Morgan fingerprint density at radius 1 is 1.19 bits per heavy atom. The zero-order valence-corrected chi connectivity index (χ0v) is 16.2. The van der Waals surface area contributed by atoms with E-state index in [9.17, 15) is 22.8 Å². The molecule has 0 bridgehead atoms. The summed E-state index contributed by atoms with van der Waals surface area (Å²) in [6, 6.07) is 8.30. The van der Waals surface area contributed by atoms with Crippen LogP contribution in [0.2, 0.25) is 0 Å². The number of esters is 1. The molecule has 0 aliphatic heterocycles. The molecule has 0 spiro atoms. The molecule has 2 heterocycles. The number of halogens is 3. The van der Waals surface area contributed by atoms with Crippen LogP contribution in [-0.4, -0.2) is 46.1 Å². The highest BCUT2D eigenvalue weighted by atomic mass is 19.4. The van der Waals surface area contributed by atoms with Crippen molar-refractivity contribution in [3.05, 3.63) is 42.6 Å². The summed E-state index contributed by atoms with van der Waals surface area (Å²) in [6.45, 7) is 1.52. The maximum atomic E-state index is 12.3. The fraction of sp³-hybridized carbons (Fsp3) is 0.263. The maximum Gasteiger partial charge on any atom is 0.573 e. The van der Waals surface area contributed by atoms with E-state index in [2.05, 4.69) is 20.2 Å². The predicted molar refractivity (Wildman–Crippen MR) is 99.5 cm³/mol. The Balaban J connectivity index is 1.67. The molecule has 0 atom stereocenters. The Labute approximate surface area is 173 Å². The lowest BCUT2D eigenvalue weighted by Gasteiger charge is -2.08. The molecule has 31 heavy (non-hydrogen) atoms. The number of hydrogen-bond donors (Lipinski definition) is 1. The van der Waals surface area contributed by atoms with Crippen molar-refractivity contribution < 1.29 is 36.8 Å². The van der Waals surface area contributed by atoms with Crippen molar-refractivity contribution in [1.29, 1.82) is 0 Å². The molecule has 1 amide bonds. The van der Waals surface area contributed by atoms with Gasteiger partial charge in [-0.3, -0.25) is 9.59 Å². The van der Waals surface area contributed by atoms with Crippen LogP contribution in [-0.2, 0) is 20.9 Å². The molecule has 0 radical (unpaired) electrons. The van der Waals surface area contributed by atoms with Crippen molar-refractivity contribution in [2.45, 2.75) is 19.8 Å². The molecule has 12 heteroatoms.